The largest absolute Gasteiger partial charge is 0.497 e. The number of benzene rings is 3. The molecule has 3 aromatic rings. The van der Waals surface area contributed by atoms with Crippen LogP contribution in [-0.2, 0) is 16.1 Å². The molecule has 0 fully saturated rings. The molecule has 0 saturated heterocycles. The van der Waals surface area contributed by atoms with Crippen molar-refractivity contribution in [1.29, 1.82) is 0 Å². The molecule has 2 amide bonds. The highest BCUT2D eigenvalue weighted by Crippen LogP contribution is 2.36. The van der Waals surface area contributed by atoms with Gasteiger partial charge >= 0.3 is 0 Å². The standard InChI is InChI=1S/C27H26N2O5/c1-4-34-21-15-11-19(12-16-21)28-25-24(22-7-5-6-8-23(22)33-3)26(30)29(27(25)31)17-18-9-13-20(32-2)14-10-18/h5-16,28H,4,17H2,1-3H3. The van der Waals surface area contributed by atoms with Crippen LogP contribution in [-0.4, -0.2) is 37.5 Å². The van der Waals surface area contributed by atoms with E-state index in [2.05, 4.69) is 5.32 Å². The number of para-hydroxylation sites is 1. The van der Waals surface area contributed by atoms with Crippen LogP contribution >= 0.6 is 0 Å². The van der Waals surface area contributed by atoms with Crippen molar-refractivity contribution < 1.29 is 23.8 Å². The fraction of sp³-hybridized carbons (Fsp3) is 0.185. The summed E-state index contributed by atoms with van der Waals surface area (Å²) in [6.45, 7) is 2.61. The molecule has 7 nitrogen and oxygen atoms in total. The number of anilines is 1. The fourth-order valence-corrected chi connectivity index (χ4v) is 3.80. The first-order valence-corrected chi connectivity index (χ1v) is 10.9. The van der Waals surface area contributed by atoms with Crippen molar-refractivity contribution in [2.24, 2.45) is 0 Å². The van der Waals surface area contributed by atoms with Gasteiger partial charge < -0.3 is 19.5 Å². The summed E-state index contributed by atoms with van der Waals surface area (Å²) < 4.78 is 16.2. The lowest BCUT2D eigenvalue weighted by molar-refractivity contribution is -0.137. The Morgan fingerprint density at radius 1 is 0.794 bits per heavy atom. The van der Waals surface area contributed by atoms with Gasteiger partial charge in [0, 0.05) is 11.3 Å². The quantitative estimate of drug-likeness (QED) is 0.476. The third kappa shape index (κ3) is 4.59. The van der Waals surface area contributed by atoms with Crippen LogP contribution in [0.4, 0.5) is 5.69 Å². The molecule has 3 aromatic carbocycles. The first-order valence-electron chi connectivity index (χ1n) is 10.9. The number of hydrogen-bond donors (Lipinski definition) is 1. The third-order valence-corrected chi connectivity index (χ3v) is 5.48. The molecule has 1 aliphatic rings. The number of hydrogen-bond acceptors (Lipinski definition) is 6. The Morgan fingerprint density at radius 2 is 1.47 bits per heavy atom. The van der Waals surface area contributed by atoms with E-state index in [0.717, 1.165) is 11.3 Å². The van der Waals surface area contributed by atoms with Crippen molar-refractivity contribution in [3.8, 4) is 17.2 Å². The van der Waals surface area contributed by atoms with E-state index >= 15 is 0 Å². The predicted molar refractivity (Wildman–Crippen MR) is 130 cm³/mol. The molecule has 0 aromatic heterocycles. The van der Waals surface area contributed by atoms with Gasteiger partial charge in [-0.2, -0.15) is 0 Å². The zero-order chi connectivity index (χ0) is 24.1. The van der Waals surface area contributed by atoms with Crippen molar-refractivity contribution in [2.75, 3.05) is 26.1 Å². The van der Waals surface area contributed by atoms with Crippen LogP contribution in [0.5, 0.6) is 17.2 Å². The van der Waals surface area contributed by atoms with Gasteiger partial charge in [0.15, 0.2) is 0 Å². The molecule has 1 N–H and O–H groups in total. The molecule has 7 heteroatoms. The Labute approximate surface area is 198 Å². The number of nitrogens with zero attached hydrogens (tertiary/aromatic N) is 1. The van der Waals surface area contributed by atoms with E-state index in [9.17, 15) is 9.59 Å². The van der Waals surface area contributed by atoms with E-state index in [1.54, 1.807) is 31.4 Å². The summed E-state index contributed by atoms with van der Waals surface area (Å²) in [4.78, 5) is 28.3. The first kappa shape index (κ1) is 22.9. The van der Waals surface area contributed by atoms with Gasteiger partial charge in [-0.3, -0.25) is 14.5 Å². The van der Waals surface area contributed by atoms with Gasteiger partial charge in [-0.15, -0.1) is 0 Å². The molecular weight excluding hydrogens is 432 g/mol. The molecule has 34 heavy (non-hydrogen) atoms. The first-order chi connectivity index (χ1) is 16.5. The van der Waals surface area contributed by atoms with E-state index in [1.165, 1.54) is 12.0 Å². The van der Waals surface area contributed by atoms with Crippen LogP contribution in [0.15, 0.2) is 78.5 Å². The molecular formula is C27H26N2O5. The summed E-state index contributed by atoms with van der Waals surface area (Å²) in [6, 6.07) is 21.7. The highest BCUT2D eigenvalue weighted by Gasteiger charge is 2.40. The van der Waals surface area contributed by atoms with Crippen LogP contribution in [0.3, 0.4) is 0 Å². The van der Waals surface area contributed by atoms with Crippen molar-refractivity contribution in [2.45, 2.75) is 13.5 Å². The molecule has 0 saturated carbocycles. The van der Waals surface area contributed by atoms with Crippen molar-refractivity contribution >= 4 is 23.1 Å². The van der Waals surface area contributed by atoms with Gasteiger partial charge in [0.2, 0.25) is 0 Å². The van der Waals surface area contributed by atoms with Crippen molar-refractivity contribution in [3.63, 3.8) is 0 Å². The van der Waals surface area contributed by atoms with E-state index in [4.69, 9.17) is 14.2 Å². The molecule has 0 spiro atoms. The minimum Gasteiger partial charge on any atom is -0.497 e. The number of amides is 2. The Morgan fingerprint density at radius 3 is 2.12 bits per heavy atom. The maximum Gasteiger partial charge on any atom is 0.278 e. The summed E-state index contributed by atoms with van der Waals surface area (Å²) in [5.74, 6) is 1.14. The second kappa shape index (κ2) is 10.1. The Hall–Kier alpha value is -4.26. The summed E-state index contributed by atoms with van der Waals surface area (Å²) >= 11 is 0. The molecule has 174 valence electrons. The van der Waals surface area contributed by atoms with Gasteiger partial charge in [-0.25, -0.2) is 0 Å². The number of imide groups is 1. The van der Waals surface area contributed by atoms with Crippen LogP contribution < -0.4 is 19.5 Å². The highest BCUT2D eigenvalue weighted by atomic mass is 16.5. The smallest absolute Gasteiger partial charge is 0.278 e. The summed E-state index contributed by atoms with van der Waals surface area (Å²) in [7, 11) is 3.13. The summed E-state index contributed by atoms with van der Waals surface area (Å²) in [5, 5.41) is 3.16. The minimum absolute atomic E-state index is 0.134. The van der Waals surface area contributed by atoms with E-state index in [1.807, 2.05) is 55.5 Å². The summed E-state index contributed by atoms with van der Waals surface area (Å²) in [5.41, 5.74) is 2.49. The maximum absolute atomic E-state index is 13.6. The molecule has 1 aliphatic heterocycles. The second-order valence-corrected chi connectivity index (χ2v) is 7.58. The van der Waals surface area contributed by atoms with Crippen molar-refractivity contribution in [1.82, 2.24) is 4.90 Å². The number of methoxy groups -OCH3 is 2. The SMILES string of the molecule is CCOc1ccc(NC2=C(c3ccccc3OC)C(=O)N(Cc3ccc(OC)cc3)C2=O)cc1. The van der Waals surface area contributed by atoms with Crippen molar-refractivity contribution in [3.05, 3.63) is 89.6 Å². The monoisotopic (exact) mass is 458 g/mol. The van der Waals surface area contributed by atoms with Gasteiger partial charge in [0.25, 0.3) is 11.8 Å². The lowest BCUT2D eigenvalue weighted by Gasteiger charge is -2.16. The van der Waals surface area contributed by atoms with Crippen LogP contribution in [0, 0.1) is 0 Å². The average Bonchev–Trinajstić information content (AvgIpc) is 3.09. The second-order valence-electron chi connectivity index (χ2n) is 7.58. The van der Waals surface area contributed by atoms with Gasteiger partial charge in [-0.05, 0) is 55.0 Å². The summed E-state index contributed by atoms with van der Waals surface area (Å²) in [6.07, 6.45) is 0. The van der Waals surface area contributed by atoms with E-state index < -0.39 is 11.8 Å². The molecule has 4 rings (SSSR count). The molecule has 0 radical (unpaired) electrons. The Bertz CT molecular complexity index is 1220. The lowest BCUT2D eigenvalue weighted by atomic mass is 10.0. The zero-order valence-corrected chi connectivity index (χ0v) is 19.3. The number of rotatable bonds is 9. The molecule has 0 aliphatic carbocycles. The third-order valence-electron chi connectivity index (χ3n) is 5.48. The molecule has 0 atom stereocenters. The van der Waals surface area contributed by atoms with Crippen LogP contribution in [0.25, 0.3) is 5.57 Å². The Balaban J connectivity index is 1.71. The zero-order valence-electron chi connectivity index (χ0n) is 19.3. The molecule has 0 unspecified atom stereocenters. The van der Waals surface area contributed by atoms with Crippen LogP contribution in [0.1, 0.15) is 18.1 Å². The molecule has 0 bridgehead atoms. The van der Waals surface area contributed by atoms with Crippen LogP contribution in [0.2, 0.25) is 0 Å². The normalized spacial score (nSPS) is 13.3. The average molecular weight is 459 g/mol. The van der Waals surface area contributed by atoms with E-state index in [0.29, 0.717) is 29.4 Å². The Kier molecular flexibility index (Phi) is 6.82. The van der Waals surface area contributed by atoms with E-state index in [-0.39, 0.29) is 17.8 Å². The number of ether oxygens (including phenoxy) is 3. The van der Waals surface area contributed by atoms with Gasteiger partial charge in [-0.1, -0.05) is 30.3 Å². The van der Waals surface area contributed by atoms with Gasteiger partial charge in [0.1, 0.15) is 22.9 Å². The highest BCUT2D eigenvalue weighted by molar-refractivity contribution is 6.36. The number of carbonyl (C=O) groups is 2. The predicted octanol–water partition coefficient (Wildman–Crippen LogP) is 4.49. The fourth-order valence-electron chi connectivity index (χ4n) is 3.80. The maximum atomic E-state index is 13.6. The number of nitrogens with one attached hydrogen (secondary N) is 1. The lowest BCUT2D eigenvalue weighted by Crippen LogP contribution is -2.32. The molecule has 1 heterocycles. The minimum atomic E-state index is -0.407. The van der Waals surface area contributed by atoms with Gasteiger partial charge in [0.05, 0.1) is 32.9 Å². The number of carbonyl (C=O) groups excluding carboxylic acids is 2. The topological polar surface area (TPSA) is 77.1 Å².